The van der Waals surface area contributed by atoms with Crippen molar-refractivity contribution in [1.82, 2.24) is 5.43 Å². The van der Waals surface area contributed by atoms with Crippen molar-refractivity contribution in [3.8, 4) is 0 Å². The number of hydrazine groups is 1. The molecule has 18 heavy (non-hydrogen) atoms. The Bertz CT molecular complexity index is 387. The fourth-order valence-electron chi connectivity index (χ4n) is 2.88. The number of halogens is 2. The lowest BCUT2D eigenvalue weighted by atomic mass is 9.87. The third-order valence-electron chi connectivity index (χ3n) is 3.84. The second kappa shape index (κ2) is 6.76. The molecule has 4 heteroatoms. The van der Waals surface area contributed by atoms with Gasteiger partial charge in [0.05, 0.1) is 6.04 Å². The van der Waals surface area contributed by atoms with Crippen LogP contribution in [0.25, 0.3) is 0 Å². The highest BCUT2D eigenvalue weighted by Gasteiger charge is 2.25. The van der Waals surface area contributed by atoms with Gasteiger partial charge in [0.2, 0.25) is 0 Å². The molecule has 0 spiro atoms. The first-order valence-corrected chi connectivity index (χ1v) is 7.39. The summed E-state index contributed by atoms with van der Waals surface area (Å²) in [6.45, 7) is 0. The summed E-state index contributed by atoms with van der Waals surface area (Å²) >= 11 is 12.3. The van der Waals surface area contributed by atoms with Crippen molar-refractivity contribution in [2.24, 2.45) is 11.8 Å². The van der Waals surface area contributed by atoms with Gasteiger partial charge in [0.1, 0.15) is 0 Å². The van der Waals surface area contributed by atoms with E-state index in [9.17, 15) is 0 Å². The van der Waals surface area contributed by atoms with Crippen molar-refractivity contribution in [3.05, 3.63) is 33.8 Å². The maximum atomic E-state index is 6.28. The highest BCUT2D eigenvalue weighted by Crippen LogP contribution is 2.36. The molecule has 0 heterocycles. The second-order valence-electron chi connectivity index (χ2n) is 5.06. The molecule has 0 radical (unpaired) electrons. The molecule has 3 N–H and O–H groups in total. The minimum Gasteiger partial charge on any atom is -0.271 e. The molecular formula is C14H20Cl2N2. The molecule has 1 fully saturated rings. The zero-order valence-electron chi connectivity index (χ0n) is 10.5. The number of nitrogens with one attached hydrogen (secondary N) is 1. The van der Waals surface area contributed by atoms with E-state index in [2.05, 4.69) is 5.43 Å². The van der Waals surface area contributed by atoms with Gasteiger partial charge < -0.3 is 0 Å². The average Bonchev–Trinajstić information content (AvgIpc) is 2.64. The molecule has 2 nitrogen and oxygen atoms in total. The van der Waals surface area contributed by atoms with Gasteiger partial charge in [0.25, 0.3) is 0 Å². The summed E-state index contributed by atoms with van der Waals surface area (Å²) in [5.74, 6) is 6.30. The minimum atomic E-state index is 0.106. The molecule has 1 saturated carbocycles. The Balaban J connectivity index is 2.23. The first-order valence-electron chi connectivity index (χ1n) is 6.63. The average molecular weight is 287 g/mol. The van der Waals surface area contributed by atoms with Crippen LogP contribution in [0.2, 0.25) is 10.0 Å². The van der Waals surface area contributed by atoms with Crippen molar-refractivity contribution >= 4 is 23.2 Å². The Morgan fingerprint density at radius 3 is 2.39 bits per heavy atom. The number of hydrogen-bond acceptors (Lipinski definition) is 2. The Morgan fingerprint density at radius 1 is 1.11 bits per heavy atom. The minimum absolute atomic E-state index is 0.106. The zero-order valence-corrected chi connectivity index (χ0v) is 12.0. The molecule has 0 bridgehead atoms. The summed E-state index contributed by atoms with van der Waals surface area (Å²) in [7, 11) is 0. The summed E-state index contributed by atoms with van der Waals surface area (Å²) in [4.78, 5) is 0. The van der Waals surface area contributed by atoms with Crippen LogP contribution in [-0.4, -0.2) is 0 Å². The van der Waals surface area contributed by atoms with Gasteiger partial charge in [-0.15, -0.1) is 0 Å². The van der Waals surface area contributed by atoms with Crippen molar-refractivity contribution in [3.63, 3.8) is 0 Å². The van der Waals surface area contributed by atoms with Gasteiger partial charge in [0, 0.05) is 10.0 Å². The van der Waals surface area contributed by atoms with E-state index in [0.717, 1.165) is 10.6 Å². The fraction of sp³-hybridized carbons (Fsp3) is 0.571. The standard InChI is InChI=1S/C14H20Cl2N2/c15-11-7-8-13(16)12(9-11)14(18-17)10-5-3-1-2-4-6-10/h7-10,14,18H,1-6,17H2. The summed E-state index contributed by atoms with van der Waals surface area (Å²) in [6, 6.07) is 5.70. The summed E-state index contributed by atoms with van der Waals surface area (Å²) < 4.78 is 0. The number of benzene rings is 1. The molecule has 0 aliphatic heterocycles. The van der Waals surface area contributed by atoms with E-state index < -0.39 is 0 Å². The molecule has 1 atom stereocenters. The SMILES string of the molecule is NNC(c1cc(Cl)ccc1Cl)C1CCCCCC1. The van der Waals surface area contributed by atoms with Gasteiger partial charge in [-0.25, -0.2) is 0 Å². The highest BCUT2D eigenvalue weighted by molar-refractivity contribution is 6.33. The van der Waals surface area contributed by atoms with Crippen LogP contribution in [0.5, 0.6) is 0 Å². The van der Waals surface area contributed by atoms with Gasteiger partial charge in [-0.2, -0.15) is 0 Å². The monoisotopic (exact) mass is 286 g/mol. The smallest absolute Gasteiger partial charge is 0.0503 e. The van der Waals surface area contributed by atoms with Crippen molar-refractivity contribution in [2.45, 2.75) is 44.6 Å². The van der Waals surface area contributed by atoms with Crippen molar-refractivity contribution in [2.75, 3.05) is 0 Å². The molecule has 1 aliphatic rings. The number of hydrogen-bond donors (Lipinski definition) is 2. The van der Waals surface area contributed by atoms with E-state index >= 15 is 0 Å². The fourth-order valence-corrected chi connectivity index (χ4v) is 3.29. The summed E-state index contributed by atoms with van der Waals surface area (Å²) in [5.41, 5.74) is 3.97. The van der Waals surface area contributed by atoms with Crippen molar-refractivity contribution < 1.29 is 0 Å². The van der Waals surface area contributed by atoms with Gasteiger partial charge in [-0.3, -0.25) is 11.3 Å². The van der Waals surface area contributed by atoms with Gasteiger partial charge in [-0.05, 0) is 42.5 Å². The van der Waals surface area contributed by atoms with Crippen LogP contribution in [0, 0.1) is 5.92 Å². The first kappa shape index (κ1) is 14.1. The lowest BCUT2D eigenvalue weighted by Gasteiger charge is -2.26. The highest BCUT2D eigenvalue weighted by atomic mass is 35.5. The molecule has 1 aromatic rings. The maximum Gasteiger partial charge on any atom is 0.0503 e. The van der Waals surface area contributed by atoms with E-state index in [0.29, 0.717) is 10.9 Å². The van der Waals surface area contributed by atoms with Crippen LogP contribution in [0.4, 0.5) is 0 Å². The molecular weight excluding hydrogens is 267 g/mol. The lowest BCUT2D eigenvalue weighted by Crippen LogP contribution is -2.33. The zero-order chi connectivity index (χ0) is 13.0. The van der Waals surface area contributed by atoms with E-state index in [-0.39, 0.29) is 6.04 Å². The van der Waals surface area contributed by atoms with E-state index in [1.54, 1.807) is 0 Å². The van der Waals surface area contributed by atoms with Gasteiger partial charge >= 0.3 is 0 Å². The van der Waals surface area contributed by atoms with Crippen LogP contribution in [0.3, 0.4) is 0 Å². The Morgan fingerprint density at radius 2 is 1.78 bits per heavy atom. The van der Waals surface area contributed by atoms with Crippen LogP contribution in [0.15, 0.2) is 18.2 Å². The van der Waals surface area contributed by atoms with E-state index in [1.165, 1.54) is 38.5 Å². The molecule has 0 saturated heterocycles. The van der Waals surface area contributed by atoms with Gasteiger partial charge in [0.15, 0.2) is 0 Å². The third kappa shape index (κ3) is 3.39. The van der Waals surface area contributed by atoms with Crippen LogP contribution >= 0.6 is 23.2 Å². The largest absolute Gasteiger partial charge is 0.271 e. The normalized spacial score (nSPS) is 19.5. The van der Waals surface area contributed by atoms with E-state index in [4.69, 9.17) is 29.0 Å². The molecule has 0 aromatic heterocycles. The molecule has 100 valence electrons. The molecule has 2 rings (SSSR count). The molecule has 1 unspecified atom stereocenters. The van der Waals surface area contributed by atoms with Crippen LogP contribution in [0.1, 0.15) is 50.1 Å². The quantitative estimate of drug-likeness (QED) is 0.489. The predicted octanol–water partition coefficient (Wildman–Crippen LogP) is 4.47. The lowest BCUT2D eigenvalue weighted by molar-refractivity contribution is 0.329. The predicted molar refractivity (Wildman–Crippen MR) is 77.7 cm³/mol. The molecule has 0 amide bonds. The van der Waals surface area contributed by atoms with Crippen LogP contribution in [-0.2, 0) is 0 Å². The molecule has 1 aliphatic carbocycles. The van der Waals surface area contributed by atoms with Gasteiger partial charge in [-0.1, -0.05) is 48.9 Å². The molecule has 1 aromatic carbocycles. The third-order valence-corrected chi connectivity index (χ3v) is 4.42. The topological polar surface area (TPSA) is 38.0 Å². The first-order chi connectivity index (χ1) is 8.72. The Kier molecular flexibility index (Phi) is 5.31. The number of rotatable bonds is 3. The maximum absolute atomic E-state index is 6.28. The van der Waals surface area contributed by atoms with Crippen LogP contribution < -0.4 is 11.3 Å². The Hall–Kier alpha value is -0.280. The Labute approximate surface area is 119 Å². The summed E-state index contributed by atoms with van der Waals surface area (Å²) in [5, 5.41) is 1.45. The van der Waals surface area contributed by atoms with Crippen molar-refractivity contribution in [1.29, 1.82) is 0 Å². The second-order valence-corrected chi connectivity index (χ2v) is 5.91. The summed E-state index contributed by atoms with van der Waals surface area (Å²) in [6.07, 6.45) is 7.63. The number of nitrogens with two attached hydrogens (primary N) is 1. The van der Waals surface area contributed by atoms with E-state index in [1.807, 2.05) is 18.2 Å².